The van der Waals surface area contributed by atoms with Crippen LogP contribution in [0, 0.1) is 0 Å². The molecule has 9 nitrogen and oxygen atoms in total. The van der Waals surface area contributed by atoms with Crippen molar-refractivity contribution in [3.63, 3.8) is 0 Å². The van der Waals surface area contributed by atoms with Crippen molar-refractivity contribution in [1.29, 1.82) is 0 Å². The molecule has 0 rings (SSSR count). The maximum atomic E-state index is 12.9. The van der Waals surface area contributed by atoms with Gasteiger partial charge in [0.15, 0.2) is 12.4 Å². The van der Waals surface area contributed by atoms with Gasteiger partial charge in [0.1, 0.15) is 13.2 Å². The van der Waals surface area contributed by atoms with Gasteiger partial charge in [-0.05, 0) is 154 Å². The monoisotopic (exact) mass is 1200 g/mol. The van der Waals surface area contributed by atoms with Crippen molar-refractivity contribution >= 4 is 17.9 Å². The predicted octanol–water partition coefficient (Wildman–Crippen LogP) is 19.2. The van der Waals surface area contributed by atoms with Crippen molar-refractivity contribution in [2.24, 2.45) is 0 Å². The first-order valence-electron chi connectivity index (χ1n) is 32.9. The van der Waals surface area contributed by atoms with Crippen LogP contribution in [0.1, 0.15) is 194 Å². The zero-order valence-electron chi connectivity index (χ0n) is 54.8. The summed E-state index contributed by atoms with van der Waals surface area (Å²) in [5.41, 5.74) is 0. The van der Waals surface area contributed by atoms with E-state index in [2.05, 4.69) is 233 Å². The Morgan fingerprint density at radius 2 is 0.621 bits per heavy atom. The van der Waals surface area contributed by atoms with Crippen molar-refractivity contribution in [3.8, 4) is 0 Å². The highest BCUT2D eigenvalue weighted by Crippen LogP contribution is 2.11. The Bertz CT molecular complexity index is 2230. The Labute approximate surface area is 530 Å². The maximum Gasteiger partial charge on any atom is 0.306 e. The SMILES string of the molecule is CC/C=C\C/C=C\C/C=C\C/C=C\C/C=C\C/C=C\C/C=C\C/C=C\C/C=C\C/C=C\C/C=C\C/C=C\CCCCCCC(=O)OC(COC(=O)CCCC/C=C\C/C=C\C/C=C\C/C=C\C/C=C\C/C=C\CC)COC(OCC[N+](C)(C)C)C(=O)[O-]. The smallest absolute Gasteiger partial charge is 0.306 e. The second kappa shape index (κ2) is 65.6. The molecule has 2 atom stereocenters. The number of ether oxygens (including phenoxy) is 4. The Balaban J connectivity index is 4.33. The number of carbonyl (C=O) groups is 3. The lowest BCUT2D eigenvalue weighted by atomic mass is 10.1. The zero-order chi connectivity index (χ0) is 63.3. The lowest BCUT2D eigenvalue weighted by molar-refractivity contribution is -0.870. The molecular weight excluding hydrogens is 1080 g/mol. The molecular formula is C78H117NO8. The molecule has 87 heavy (non-hydrogen) atoms. The number of rotatable bonds is 57. The lowest BCUT2D eigenvalue weighted by Crippen LogP contribution is -2.44. The van der Waals surface area contributed by atoms with Gasteiger partial charge in [0.2, 0.25) is 0 Å². The van der Waals surface area contributed by atoms with E-state index >= 15 is 0 Å². The Kier molecular flexibility index (Phi) is 60.8. The second-order valence-electron chi connectivity index (χ2n) is 21.9. The summed E-state index contributed by atoms with van der Waals surface area (Å²) in [5, 5.41) is 11.8. The van der Waals surface area contributed by atoms with Crippen LogP contribution in [0.4, 0.5) is 0 Å². The van der Waals surface area contributed by atoms with Gasteiger partial charge in [0.25, 0.3) is 0 Å². The number of carboxylic acids is 1. The fourth-order valence-electron chi connectivity index (χ4n) is 7.75. The molecule has 0 saturated heterocycles. The Morgan fingerprint density at radius 3 is 0.931 bits per heavy atom. The average Bonchev–Trinajstić information content (AvgIpc) is 3.59. The third-order valence-electron chi connectivity index (χ3n) is 12.7. The molecule has 482 valence electrons. The van der Waals surface area contributed by atoms with E-state index < -0.39 is 30.3 Å². The molecule has 0 aromatic heterocycles. The first kappa shape index (κ1) is 80.6. The van der Waals surface area contributed by atoms with E-state index in [9.17, 15) is 19.5 Å². The predicted molar refractivity (Wildman–Crippen MR) is 370 cm³/mol. The van der Waals surface area contributed by atoms with E-state index in [1.54, 1.807) is 0 Å². The van der Waals surface area contributed by atoms with Crippen LogP contribution in [-0.4, -0.2) is 82.3 Å². The van der Waals surface area contributed by atoms with Gasteiger partial charge in [-0.15, -0.1) is 0 Å². The highest BCUT2D eigenvalue weighted by Gasteiger charge is 2.22. The highest BCUT2D eigenvalue weighted by atomic mass is 16.7. The standard InChI is InChI=1S/C78H117NO8/c1-6-8-10-12-14-16-18-20-22-24-26-28-29-30-31-32-33-34-35-36-37-38-39-40-41-42-43-44-45-46-47-49-51-53-55-57-59-61-63-65-67-69-76(81)87-74(73-86-78(77(82)83)84-71-70-79(3,4)5)72-85-75(80)68-66-64-62-60-58-56-54-52-50-48-27-25-23-21-19-17-15-13-11-9-7-2/h8-11,14-17,20-23,26-28,30-31,33-34,36-37,39-40,42-43,45-46,48-49,51-52,54-55,57-58,60,74,78H,6-7,12-13,18-19,24-25,29,32,35,38,41,44,47,50,53,56,59,61-73H2,1-5H3/b10-8-,11-9-,16-14-,17-15-,22-20-,23-21-,28-26-,31-30-,34-33-,37-36-,40-39-,43-42-,46-45-,48-27-,51-49-,54-52-,57-55-,60-58-. The molecule has 2 unspecified atom stereocenters. The number of esters is 2. The number of unbranched alkanes of at least 4 members (excludes halogenated alkanes) is 6. The zero-order valence-corrected chi connectivity index (χ0v) is 54.8. The first-order valence-corrected chi connectivity index (χ1v) is 32.9. The molecule has 0 radical (unpaired) electrons. The minimum Gasteiger partial charge on any atom is -0.545 e. The number of nitrogens with zero attached hydrogens (tertiary/aromatic N) is 1. The van der Waals surface area contributed by atoms with Gasteiger partial charge in [-0.25, -0.2) is 0 Å². The van der Waals surface area contributed by atoms with Crippen LogP contribution in [0.5, 0.6) is 0 Å². The van der Waals surface area contributed by atoms with Crippen molar-refractivity contribution < 1.29 is 42.9 Å². The van der Waals surface area contributed by atoms with Gasteiger partial charge in [0.05, 0.1) is 40.3 Å². The molecule has 0 fully saturated rings. The summed E-state index contributed by atoms with van der Waals surface area (Å²) in [5.74, 6) is -2.41. The van der Waals surface area contributed by atoms with Crippen LogP contribution in [0.25, 0.3) is 0 Å². The van der Waals surface area contributed by atoms with Crippen LogP contribution >= 0.6 is 0 Å². The van der Waals surface area contributed by atoms with Crippen LogP contribution in [0.15, 0.2) is 219 Å². The third kappa shape index (κ3) is 67.0. The van der Waals surface area contributed by atoms with Crippen LogP contribution in [0.3, 0.4) is 0 Å². The molecule has 0 N–H and O–H groups in total. The van der Waals surface area contributed by atoms with Gasteiger partial charge in [-0.2, -0.15) is 0 Å². The second-order valence-corrected chi connectivity index (χ2v) is 21.9. The minimum absolute atomic E-state index is 0.122. The fourth-order valence-corrected chi connectivity index (χ4v) is 7.75. The van der Waals surface area contributed by atoms with Gasteiger partial charge < -0.3 is 33.3 Å². The van der Waals surface area contributed by atoms with Crippen molar-refractivity contribution in [2.75, 3.05) is 47.5 Å². The number of hydrogen-bond acceptors (Lipinski definition) is 8. The fraction of sp³-hybridized carbons (Fsp3) is 0.500. The molecule has 0 spiro atoms. The van der Waals surface area contributed by atoms with Crippen LogP contribution < -0.4 is 5.11 Å². The Morgan fingerprint density at radius 1 is 0.345 bits per heavy atom. The minimum atomic E-state index is -1.66. The number of hydrogen-bond donors (Lipinski definition) is 0. The number of quaternary nitrogens is 1. The van der Waals surface area contributed by atoms with Crippen molar-refractivity contribution in [2.45, 2.75) is 206 Å². The van der Waals surface area contributed by atoms with Crippen LogP contribution in [0.2, 0.25) is 0 Å². The summed E-state index contributed by atoms with van der Waals surface area (Å²) >= 11 is 0. The van der Waals surface area contributed by atoms with Gasteiger partial charge in [-0.1, -0.05) is 245 Å². The summed E-state index contributed by atoms with van der Waals surface area (Å²) in [4.78, 5) is 37.4. The molecule has 9 heteroatoms. The summed E-state index contributed by atoms with van der Waals surface area (Å²) in [6.07, 6.45) is 102. The number of carboxylic acid groups (broad SMARTS) is 1. The normalized spacial score (nSPS) is 14.2. The number of allylic oxidation sites excluding steroid dienone is 36. The van der Waals surface area contributed by atoms with Gasteiger partial charge in [-0.3, -0.25) is 9.59 Å². The number of carbonyl (C=O) groups excluding carboxylic acids is 3. The van der Waals surface area contributed by atoms with Crippen molar-refractivity contribution in [1.82, 2.24) is 0 Å². The van der Waals surface area contributed by atoms with E-state index in [1.165, 1.54) is 0 Å². The quantitative estimate of drug-likeness (QED) is 0.0195. The third-order valence-corrected chi connectivity index (χ3v) is 12.7. The summed E-state index contributed by atoms with van der Waals surface area (Å²) < 4.78 is 22.6. The first-order chi connectivity index (χ1) is 42.6. The van der Waals surface area contributed by atoms with E-state index in [-0.39, 0.29) is 32.7 Å². The average molecular weight is 1200 g/mol. The number of aliphatic carboxylic acids is 1. The van der Waals surface area contributed by atoms with Crippen molar-refractivity contribution in [3.05, 3.63) is 219 Å². The van der Waals surface area contributed by atoms with E-state index in [1.807, 2.05) is 21.1 Å². The molecule has 0 aliphatic heterocycles. The molecule has 0 bridgehead atoms. The molecule has 0 heterocycles. The van der Waals surface area contributed by atoms with E-state index in [0.717, 1.165) is 154 Å². The van der Waals surface area contributed by atoms with E-state index in [4.69, 9.17) is 18.9 Å². The molecule has 0 aliphatic carbocycles. The maximum absolute atomic E-state index is 12.9. The number of likely N-dealkylation sites (N-methyl/N-ethyl adjacent to an activating group) is 1. The molecule has 0 aliphatic rings. The topological polar surface area (TPSA) is 111 Å². The molecule has 0 amide bonds. The summed E-state index contributed by atoms with van der Waals surface area (Å²) in [6.45, 7) is 4.39. The largest absolute Gasteiger partial charge is 0.545 e. The lowest BCUT2D eigenvalue weighted by Gasteiger charge is -2.26. The molecule has 0 aromatic rings. The van der Waals surface area contributed by atoms with Gasteiger partial charge in [0, 0.05) is 12.8 Å². The Hall–Kier alpha value is -6.39. The molecule has 0 saturated carbocycles. The van der Waals surface area contributed by atoms with E-state index in [0.29, 0.717) is 23.9 Å². The molecule has 0 aromatic carbocycles. The highest BCUT2D eigenvalue weighted by molar-refractivity contribution is 5.70. The summed E-state index contributed by atoms with van der Waals surface area (Å²) in [7, 11) is 5.88. The van der Waals surface area contributed by atoms with Gasteiger partial charge >= 0.3 is 11.9 Å². The summed E-state index contributed by atoms with van der Waals surface area (Å²) in [6, 6.07) is 0. The van der Waals surface area contributed by atoms with Crippen LogP contribution in [-0.2, 0) is 33.3 Å².